The molecule has 3 heterocycles. The molecule has 142 valence electrons. The number of pyridine rings is 1. The van der Waals surface area contributed by atoms with Crippen molar-refractivity contribution < 1.29 is 18.1 Å². The predicted molar refractivity (Wildman–Crippen MR) is 97.8 cm³/mol. The van der Waals surface area contributed by atoms with E-state index in [0.29, 0.717) is 28.0 Å². The van der Waals surface area contributed by atoms with Gasteiger partial charge in [0.25, 0.3) is 0 Å². The van der Waals surface area contributed by atoms with E-state index in [1.165, 1.54) is 0 Å². The van der Waals surface area contributed by atoms with Crippen LogP contribution in [0.4, 0.5) is 20.3 Å². The summed E-state index contributed by atoms with van der Waals surface area (Å²) in [4.78, 5) is 16.7. The maximum Gasteiger partial charge on any atom is 0.248 e. The Kier molecular flexibility index (Phi) is 3.65. The number of anilines is 2. The van der Waals surface area contributed by atoms with Gasteiger partial charge in [-0.15, -0.1) is 0 Å². The summed E-state index contributed by atoms with van der Waals surface area (Å²) in [7, 11) is 0. The molecule has 2 N–H and O–H groups in total. The van der Waals surface area contributed by atoms with E-state index >= 15 is 0 Å². The van der Waals surface area contributed by atoms with Gasteiger partial charge in [0.2, 0.25) is 5.92 Å². The van der Waals surface area contributed by atoms with Crippen LogP contribution in [0.5, 0.6) is 0 Å². The third-order valence-corrected chi connectivity index (χ3v) is 4.97. The topological polar surface area (TPSA) is 96.7 Å². The van der Waals surface area contributed by atoms with Crippen molar-refractivity contribution in [3.8, 4) is 0 Å². The summed E-state index contributed by atoms with van der Waals surface area (Å²) < 4.78 is 31.2. The Morgan fingerprint density at radius 1 is 1.32 bits per heavy atom. The van der Waals surface area contributed by atoms with Crippen molar-refractivity contribution in [1.29, 1.82) is 0 Å². The number of carbonyl (C=O) groups excluding carboxylic acids is 1. The quantitative estimate of drug-likeness (QED) is 0.494. The van der Waals surface area contributed by atoms with Crippen LogP contribution in [0, 0.1) is 5.92 Å². The third kappa shape index (κ3) is 2.88. The number of rotatable bonds is 5. The Morgan fingerprint density at radius 2 is 2.18 bits per heavy atom. The molecule has 0 spiro atoms. The highest BCUT2D eigenvalue weighted by molar-refractivity contribution is 6.06. The van der Waals surface area contributed by atoms with E-state index in [4.69, 9.17) is 4.52 Å². The second kappa shape index (κ2) is 6.08. The number of carbonyl (C=O) groups is 1. The standard InChI is InChI=1S/C19H15F2N5O2/c20-19(21)8-10(9-19)6-14(27)16-12-4-3-11(7-15(12)28-26-16)23-18-17-13(24-25-18)2-1-5-22-17/h1-5,7,10H,6,8-9H2,(H2,23,24,25). The zero-order valence-corrected chi connectivity index (χ0v) is 14.6. The number of H-pyrrole nitrogens is 1. The van der Waals surface area contributed by atoms with Crippen molar-refractivity contribution in [1.82, 2.24) is 20.3 Å². The number of fused-ring (bicyclic) bond motifs is 2. The van der Waals surface area contributed by atoms with Crippen molar-refractivity contribution in [2.45, 2.75) is 25.2 Å². The van der Waals surface area contributed by atoms with Crippen LogP contribution in [0.2, 0.25) is 0 Å². The summed E-state index contributed by atoms with van der Waals surface area (Å²) in [5.74, 6) is -2.64. The second-order valence-corrected chi connectivity index (χ2v) is 7.10. The summed E-state index contributed by atoms with van der Waals surface area (Å²) >= 11 is 0. The normalized spacial score (nSPS) is 16.4. The first-order valence-electron chi connectivity index (χ1n) is 8.85. The number of Topliss-reactive ketones (excluding diaryl/α,β-unsaturated/α-hetero) is 1. The molecule has 1 aromatic carbocycles. The highest BCUT2D eigenvalue weighted by Gasteiger charge is 2.46. The van der Waals surface area contributed by atoms with Crippen LogP contribution in [-0.4, -0.2) is 32.0 Å². The minimum absolute atomic E-state index is 0.0577. The van der Waals surface area contributed by atoms with E-state index in [0.717, 1.165) is 5.52 Å². The molecule has 0 saturated heterocycles. The van der Waals surface area contributed by atoms with Gasteiger partial charge in [-0.05, 0) is 30.2 Å². The van der Waals surface area contributed by atoms with Gasteiger partial charge in [-0.1, -0.05) is 5.16 Å². The molecule has 0 radical (unpaired) electrons. The third-order valence-electron chi connectivity index (χ3n) is 4.97. The van der Waals surface area contributed by atoms with Crippen molar-refractivity contribution >= 4 is 39.3 Å². The maximum atomic E-state index is 13.0. The monoisotopic (exact) mass is 383 g/mol. The Morgan fingerprint density at radius 3 is 3.00 bits per heavy atom. The fourth-order valence-corrected chi connectivity index (χ4v) is 3.58. The molecule has 9 heteroatoms. The number of halogens is 2. The molecule has 1 aliphatic carbocycles. The van der Waals surface area contributed by atoms with Crippen LogP contribution < -0.4 is 5.32 Å². The van der Waals surface area contributed by atoms with Gasteiger partial charge in [0, 0.05) is 37.2 Å². The van der Waals surface area contributed by atoms with Crippen LogP contribution >= 0.6 is 0 Å². The summed E-state index contributed by atoms with van der Waals surface area (Å²) in [6, 6.07) is 8.89. The average molecular weight is 383 g/mol. The number of benzene rings is 1. The van der Waals surface area contributed by atoms with Gasteiger partial charge in [-0.25, -0.2) is 8.78 Å². The van der Waals surface area contributed by atoms with Gasteiger partial charge in [-0.3, -0.25) is 14.9 Å². The first-order valence-corrected chi connectivity index (χ1v) is 8.85. The summed E-state index contributed by atoms with van der Waals surface area (Å²) in [5.41, 5.74) is 2.82. The number of hydrogen-bond donors (Lipinski definition) is 2. The van der Waals surface area contributed by atoms with Gasteiger partial charge in [0.1, 0.15) is 5.52 Å². The number of aromatic amines is 1. The number of ketones is 1. The lowest BCUT2D eigenvalue weighted by Crippen LogP contribution is -2.36. The number of nitrogens with one attached hydrogen (secondary N) is 2. The molecule has 28 heavy (non-hydrogen) atoms. The second-order valence-electron chi connectivity index (χ2n) is 7.10. The lowest BCUT2D eigenvalue weighted by Gasteiger charge is -2.34. The first-order chi connectivity index (χ1) is 13.5. The molecule has 1 saturated carbocycles. The minimum atomic E-state index is -2.64. The Hall–Kier alpha value is -3.36. The Balaban J connectivity index is 1.37. The molecule has 3 aromatic heterocycles. The lowest BCUT2D eigenvalue weighted by molar-refractivity contribution is -0.109. The molecule has 0 atom stereocenters. The molecule has 0 amide bonds. The molecule has 0 aliphatic heterocycles. The fraction of sp³-hybridized carbons (Fsp3) is 0.263. The molecule has 4 aromatic rings. The van der Waals surface area contributed by atoms with Crippen molar-refractivity contribution in [3.63, 3.8) is 0 Å². The number of alkyl halides is 2. The lowest BCUT2D eigenvalue weighted by atomic mass is 9.78. The largest absolute Gasteiger partial charge is 0.355 e. The highest BCUT2D eigenvalue weighted by Crippen LogP contribution is 2.44. The smallest absolute Gasteiger partial charge is 0.248 e. The predicted octanol–water partition coefficient (Wildman–Crippen LogP) is 4.46. The number of hydrogen-bond acceptors (Lipinski definition) is 6. The van der Waals surface area contributed by atoms with Crippen LogP contribution in [0.3, 0.4) is 0 Å². The Bertz CT molecular complexity index is 1190. The molecule has 1 aliphatic rings. The van der Waals surface area contributed by atoms with E-state index in [1.54, 1.807) is 24.4 Å². The van der Waals surface area contributed by atoms with Crippen LogP contribution in [0.1, 0.15) is 29.8 Å². The molecule has 0 bridgehead atoms. The minimum Gasteiger partial charge on any atom is -0.355 e. The summed E-state index contributed by atoms with van der Waals surface area (Å²) in [5, 5.41) is 14.7. The zero-order valence-electron chi connectivity index (χ0n) is 14.6. The van der Waals surface area contributed by atoms with Crippen molar-refractivity contribution in [2.24, 2.45) is 5.92 Å². The van der Waals surface area contributed by atoms with E-state index < -0.39 is 5.92 Å². The van der Waals surface area contributed by atoms with Gasteiger partial charge in [0.05, 0.1) is 10.9 Å². The maximum absolute atomic E-state index is 13.0. The highest BCUT2D eigenvalue weighted by atomic mass is 19.3. The first kappa shape index (κ1) is 16.8. The number of aromatic nitrogens is 4. The van der Waals surface area contributed by atoms with E-state index in [1.807, 2.05) is 12.1 Å². The summed E-state index contributed by atoms with van der Waals surface area (Å²) in [6.07, 6.45) is 1.25. The molecule has 5 rings (SSSR count). The molecule has 7 nitrogen and oxygen atoms in total. The van der Waals surface area contributed by atoms with Crippen LogP contribution in [-0.2, 0) is 0 Å². The average Bonchev–Trinajstić information content (AvgIpc) is 3.24. The molecule has 1 fully saturated rings. The van der Waals surface area contributed by atoms with Gasteiger partial charge in [0.15, 0.2) is 22.9 Å². The van der Waals surface area contributed by atoms with Gasteiger partial charge >= 0.3 is 0 Å². The van der Waals surface area contributed by atoms with Crippen LogP contribution in [0.15, 0.2) is 41.1 Å². The number of nitrogens with zero attached hydrogens (tertiary/aromatic N) is 3. The summed E-state index contributed by atoms with van der Waals surface area (Å²) in [6.45, 7) is 0. The Labute approximate surface area is 157 Å². The molecule has 0 unspecified atom stereocenters. The van der Waals surface area contributed by atoms with E-state index in [2.05, 4.69) is 25.7 Å². The van der Waals surface area contributed by atoms with E-state index in [-0.39, 0.29) is 36.7 Å². The molecular weight excluding hydrogens is 368 g/mol. The zero-order chi connectivity index (χ0) is 19.3. The SMILES string of the molecule is O=C(CC1CC(F)(F)C1)c1noc2cc(Nc3n[nH]c4cccnc34)ccc12. The van der Waals surface area contributed by atoms with Gasteiger partial charge in [-0.2, -0.15) is 5.10 Å². The van der Waals surface area contributed by atoms with Crippen molar-refractivity contribution in [2.75, 3.05) is 5.32 Å². The van der Waals surface area contributed by atoms with Gasteiger partial charge < -0.3 is 9.84 Å². The van der Waals surface area contributed by atoms with E-state index in [9.17, 15) is 13.6 Å². The van der Waals surface area contributed by atoms with Crippen LogP contribution in [0.25, 0.3) is 22.0 Å². The fourth-order valence-electron chi connectivity index (χ4n) is 3.58. The van der Waals surface area contributed by atoms with Crippen molar-refractivity contribution in [3.05, 3.63) is 42.2 Å². The molecular formula is C19H15F2N5O2.